The Morgan fingerprint density at radius 2 is 2.04 bits per heavy atom. The second kappa shape index (κ2) is 7.44. The van der Waals surface area contributed by atoms with Crippen molar-refractivity contribution in [2.45, 2.75) is 26.0 Å². The van der Waals surface area contributed by atoms with Gasteiger partial charge in [0, 0.05) is 18.9 Å². The molecule has 1 heterocycles. The molecule has 0 saturated carbocycles. The number of aryl methyl sites for hydroxylation is 1. The van der Waals surface area contributed by atoms with Gasteiger partial charge in [0.05, 0.1) is 6.42 Å². The molecule has 7 heteroatoms. The summed E-state index contributed by atoms with van der Waals surface area (Å²) in [5.74, 6) is -0.555. The first-order chi connectivity index (χ1) is 11.0. The fourth-order valence-corrected chi connectivity index (χ4v) is 2.13. The first-order valence-electron chi connectivity index (χ1n) is 7.14. The molecule has 7 nitrogen and oxygen atoms in total. The van der Waals surface area contributed by atoms with Crippen LogP contribution in [0.15, 0.2) is 36.5 Å². The highest BCUT2D eigenvalue weighted by molar-refractivity contribution is 5.71. The average Bonchev–Trinajstić information content (AvgIpc) is 2.85. The third-order valence-electron chi connectivity index (χ3n) is 3.45. The number of carbonyl (C=O) groups is 2. The number of nitrogens with one attached hydrogen (secondary N) is 1. The summed E-state index contributed by atoms with van der Waals surface area (Å²) in [4.78, 5) is 27.1. The zero-order valence-corrected chi connectivity index (χ0v) is 13.0. The molecule has 0 aliphatic carbocycles. The van der Waals surface area contributed by atoms with E-state index in [4.69, 9.17) is 9.84 Å². The minimum atomic E-state index is -1.03. The first-order valence-corrected chi connectivity index (χ1v) is 7.14. The Bertz CT molecular complexity index is 682. The van der Waals surface area contributed by atoms with Crippen molar-refractivity contribution in [1.29, 1.82) is 0 Å². The smallest absolute Gasteiger partial charge is 0.408 e. The van der Waals surface area contributed by atoms with E-state index in [1.165, 1.54) is 0 Å². The number of nitrogens with zero attached hydrogens (tertiary/aromatic N) is 2. The molecule has 1 aromatic heterocycles. The van der Waals surface area contributed by atoms with Crippen LogP contribution in [-0.2, 0) is 23.2 Å². The normalized spacial score (nSPS) is 11.7. The van der Waals surface area contributed by atoms with Gasteiger partial charge in [-0.3, -0.25) is 4.79 Å². The van der Waals surface area contributed by atoms with Crippen LogP contribution in [0, 0.1) is 6.92 Å². The number of carboxylic acid groups (broad SMARTS) is 1. The predicted molar refractivity (Wildman–Crippen MR) is 82.7 cm³/mol. The number of ether oxygens (including phenoxy) is 1. The Morgan fingerprint density at radius 3 is 2.61 bits per heavy atom. The van der Waals surface area contributed by atoms with Crippen LogP contribution in [-0.4, -0.2) is 26.7 Å². The molecule has 0 aliphatic rings. The van der Waals surface area contributed by atoms with Crippen LogP contribution in [0.25, 0.3) is 0 Å². The first kappa shape index (κ1) is 16.5. The van der Waals surface area contributed by atoms with Gasteiger partial charge in [-0.2, -0.15) is 0 Å². The SMILES string of the molecule is Cc1cnc(C(CC(=O)O)NC(=O)OCc2ccccc2)n1C. The van der Waals surface area contributed by atoms with Crippen molar-refractivity contribution in [3.8, 4) is 0 Å². The highest BCUT2D eigenvalue weighted by Gasteiger charge is 2.23. The van der Waals surface area contributed by atoms with E-state index in [-0.39, 0.29) is 13.0 Å². The van der Waals surface area contributed by atoms with Crippen molar-refractivity contribution in [2.24, 2.45) is 7.05 Å². The molecule has 23 heavy (non-hydrogen) atoms. The molecular weight excluding hydrogens is 298 g/mol. The molecule has 0 aliphatic heterocycles. The molecule has 1 aromatic carbocycles. The largest absolute Gasteiger partial charge is 0.481 e. The molecule has 1 atom stereocenters. The summed E-state index contributed by atoms with van der Waals surface area (Å²) in [7, 11) is 1.77. The van der Waals surface area contributed by atoms with Crippen LogP contribution in [0.1, 0.15) is 29.5 Å². The van der Waals surface area contributed by atoms with Crippen LogP contribution in [0.5, 0.6) is 0 Å². The van der Waals surface area contributed by atoms with Gasteiger partial charge in [-0.1, -0.05) is 30.3 Å². The van der Waals surface area contributed by atoms with Crippen LogP contribution >= 0.6 is 0 Å². The average molecular weight is 317 g/mol. The van der Waals surface area contributed by atoms with Gasteiger partial charge >= 0.3 is 12.1 Å². The van der Waals surface area contributed by atoms with Gasteiger partial charge < -0.3 is 19.7 Å². The number of hydrogen-bond acceptors (Lipinski definition) is 4. The van der Waals surface area contributed by atoms with Gasteiger partial charge in [0.1, 0.15) is 18.5 Å². The van der Waals surface area contributed by atoms with E-state index in [1.807, 2.05) is 37.3 Å². The molecular formula is C16H19N3O4. The van der Waals surface area contributed by atoms with Crippen LogP contribution in [0.4, 0.5) is 4.79 Å². The molecule has 0 bridgehead atoms. The minimum Gasteiger partial charge on any atom is -0.481 e. The van der Waals surface area contributed by atoms with Crippen LogP contribution in [0.3, 0.4) is 0 Å². The van der Waals surface area contributed by atoms with E-state index in [0.717, 1.165) is 11.3 Å². The molecule has 1 amide bonds. The Balaban J connectivity index is 2.01. The van der Waals surface area contributed by atoms with Gasteiger partial charge in [0.25, 0.3) is 0 Å². The third kappa shape index (κ3) is 4.57. The van der Waals surface area contributed by atoms with Gasteiger partial charge in [-0.15, -0.1) is 0 Å². The monoisotopic (exact) mass is 317 g/mol. The lowest BCUT2D eigenvalue weighted by atomic mass is 10.2. The molecule has 2 N–H and O–H groups in total. The molecule has 2 aromatic rings. The summed E-state index contributed by atoms with van der Waals surface area (Å²) in [5.41, 5.74) is 1.72. The summed E-state index contributed by atoms with van der Waals surface area (Å²) in [6.45, 7) is 1.97. The van der Waals surface area contributed by atoms with E-state index in [2.05, 4.69) is 10.3 Å². The number of alkyl carbamates (subject to hydrolysis) is 1. The lowest BCUT2D eigenvalue weighted by Gasteiger charge is -2.17. The molecule has 0 radical (unpaired) electrons. The molecule has 0 fully saturated rings. The highest BCUT2D eigenvalue weighted by Crippen LogP contribution is 2.16. The van der Waals surface area contributed by atoms with E-state index >= 15 is 0 Å². The lowest BCUT2D eigenvalue weighted by molar-refractivity contribution is -0.137. The number of hydrogen-bond donors (Lipinski definition) is 2. The van der Waals surface area contributed by atoms with Gasteiger partial charge in [-0.05, 0) is 12.5 Å². The molecule has 2 rings (SSSR count). The van der Waals surface area contributed by atoms with E-state index < -0.39 is 18.1 Å². The van der Waals surface area contributed by atoms with E-state index in [1.54, 1.807) is 17.8 Å². The third-order valence-corrected chi connectivity index (χ3v) is 3.45. The zero-order chi connectivity index (χ0) is 16.8. The van der Waals surface area contributed by atoms with Crippen molar-refractivity contribution < 1.29 is 19.4 Å². The summed E-state index contributed by atoms with van der Waals surface area (Å²) in [5, 5.41) is 11.6. The summed E-state index contributed by atoms with van der Waals surface area (Å²) >= 11 is 0. The number of aromatic nitrogens is 2. The molecule has 1 unspecified atom stereocenters. The fourth-order valence-electron chi connectivity index (χ4n) is 2.13. The molecule has 122 valence electrons. The number of amides is 1. The standard InChI is InChI=1S/C16H19N3O4/c1-11-9-17-15(19(11)2)13(8-14(20)21)18-16(22)23-10-12-6-4-3-5-7-12/h3-7,9,13H,8,10H2,1-2H3,(H,18,22)(H,20,21). The summed E-state index contributed by atoms with van der Waals surface area (Å²) in [6.07, 6.45) is 0.673. The molecule has 0 spiro atoms. The van der Waals surface area contributed by atoms with E-state index in [0.29, 0.717) is 5.82 Å². The number of carboxylic acids is 1. The van der Waals surface area contributed by atoms with Gasteiger partial charge in [0.2, 0.25) is 0 Å². The number of benzene rings is 1. The maximum absolute atomic E-state index is 11.9. The van der Waals surface area contributed by atoms with Gasteiger partial charge in [-0.25, -0.2) is 9.78 Å². The number of rotatable bonds is 6. The Hall–Kier alpha value is -2.83. The zero-order valence-electron chi connectivity index (χ0n) is 13.0. The van der Waals surface area contributed by atoms with Gasteiger partial charge in [0.15, 0.2) is 0 Å². The van der Waals surface area contributed by atoms with Crippen molar-refractivity contribution in [1.82, 2.24) is 14.9 Å². The number of aliphatic carboxylic acids is 1. The second-order valence-electron chi connectivity index (χ2n) is 5.17. The summed E-state index contributed by atoms with van der Waals surface area (Å²) < 4.78 is 6.87. The fraction of sp³-hybridized carbons (Fsp3) is 0.312. The maximum atomic E-state index is 11.9. The predicted octanol–water partition coefficient (Wildman–Crippen LogP) is 2.17. The van der Waals surface area contributed by atoms with Crippen LogP contribution < -0.4 is 5.32 Å². The number of carbonyl (C=O) groups excluding carboxylic acids is 1. The topological polar surface area (TPSA) is 93.4 Å². The Kier molecular flexibility index (Phi) is 5.35. The Morgan fingerprint density at radius 1 is 1.35 bits per heavy atom. The van der Waals surface area contributed by atoms with E-state index in [9.17, 15) is 9.59 Å². The highest BCUT2D eigenvalue weighted by atomic mass is 16.5. The minimum absolute atomic E-state index is 0.117. The van der Waals surface area contributed by atoms with Crippen molar-refractivity contribution >= 4 is 12.1 Å². The quantitative estimate of drug-likeness (QED) is 0.851. The van der Waals surface area contributed by atoms with Crippen LogP contribution in [0.2, 0.25) is 0 Å². The Labute approximate surface area is 133 Å². The lowest BCUT2D eigenvalue weighted by Crippen LogP contribution is -2.32. The molecule has 0 saturated heterocycles. The maximum Gasteiger partial charge on any atom is 0.408 e. The van der Waals surface area contributed by atoms with Crippen molar-refractivity contribution in [3.05, 3.63) is 53.6 Å². The second-order valence-corrected chi connectivity index (χ2v) is 5.17. The van der Waals surface area contributed by atoms with Crippen molar-refractivity contribution in [2.75, 3.05) is 0 Å². The van der Waals surface area contributed by atoms with Crippen molar-refractivity contribution in [3.63, 3.8) is 0 Å². The summed E-state index contributed by atoms with van der Waals surface area (Å²) in [6, 6.07) is 8.49. The number of imidazole rings is 1.